The number of sulfone groups is 1. The number of benzene rings is 2. The van der Waals surface area contributed by atoms with E-state index in [9.17, 15) is 13.2 Å². The van der Waals surface area contributed by atoms with Gasteiger partial charge in [0, 0.05) is 18.4 Å². The summed E-state index contributed by atoms with van der Waals surface area (Å²) >= 11 is 0. The molecule has 2 aromatic carbocycles. The predicted octanol–water partition coefficient (Wildman–Crippen LogP) is 1.89. The summed E-state index contributed by atoms with van der Waals surface area (Å²) < 4.78 is 33.3. The molecule has 0 saturated carbocycles. The van der Waals surface area contributed by atoms with Gasteiger partial charge in [0.25, 0.3) is 5.91 Å². The van der Waals surface area contributed by atoms with Gasteiger partial charge in [-0.15, -0.1) is 0 Å². The molecule has 0 radical (unpaired) electrons. The van der Waals surface area contributed by atoms with Crippen molar-refractivity contribution in [1.29, 1.82) is 0 Å². The number of carbonyl (C=O) groups is 1. The van der Waals surface area contributed by atoms with Crippen molar-refractivity contribution in [3.63, 3.8) is 0 Å². The highest BCUT2D eigenvalue weighted by Gasteiger charge is 2.14. The first-order valence-electron chi connectivity index (χ1n) is 7.34. The highest BCUT2D eigenvalue weighted by Crippen LogP contribution is 2.32. The van der Waals surface area contributed by atoms with E-state index in [2.05, 4.69) is 5.32 Å². The van der Waals surface area contributed by atoms with Crippen LogP contribution in [-0.2, 0) is 22.1 Å². The van der Waals surface area contributed by atoms with Gasteiger partial charge in [-0.3, -0.25) is 4.79 Å². The Hall–Kier alpha value is -2.54. The Kier molecular flexibility index (Phi) is 4.44. The zero-order valence-electron chi connectivity index (χ0n) is 13.1. The van der Waals surface area contributed by atoms with Crippen molar-refractivity contribution in [3.05, 3.63) is 59.2 Å². The Bertz CT molecular complexity index is 876. The van der Waals surface area contributed by atoms with Crippen molar-refractivity contribution in [1.82, 2.24) is 5.32 Å². The monoisotopic (exact) mass is 347 g/mol. The topological polar surface area (TPSA) is 81.7 Å². The molecule has 6 nitrogen and oxygen atoms in total. The number of amides is 1. The highest BCUT2D eigenvalue weighted by molar-refractivity contribution is 7.89. The van der Waals surface area contributed by atoms with Crippen LogP contribution in [0, 0.1) is 0 Å². The molecule has 7 heteroatoms. The Morgan fingerprint density at radius 2 is 1.88 bits per heavy atom. The lowest BCUT2D eigenvalue weighted by atomic mass is 10.1. The molecule has 126 valence electrons. The van der Waals surface area contributed by atoms with E-state index in [1.54, 1.807) is 30.3 Å². The number of carbonyl (C=O) groups excluding carboxylic acids is 1. The van der Waals surface area contributed by atoms with E-state index >= 15 is 0 Å². The molecule has 1 aliphatic rings. The van der Waals surface area contributed by atoms with Gasteiger partial charge in [0.1, 0.15) is 0 Å². The van der Waals surface area contributed by atoms with Crippen molar-refractivity contribution in [2.24, 2.45) is 0 Å². The molecule has 2 aromatic rings. The summed E-state index contributed by atoms with van der Waals surface area (Å²) in [5.41, 5.74) is 1.91. The van der Waals surface area contributed by atoms with Gasteiger partial charge in [-0.25, -0.2) is 8.42 Å². The van der Waals surface area contributed by atoms with E-state index in [1.807, 2.05) is 12.1 Å². The second-order valence-electron chi connectivity index (χ2n) is 5.64. The van der Waals surface area contributed by atoms with Crippen LogP contribution >= 0.6 is 0 Å². The third-order valence-electron chi connectivity index (χ3n) is 3.51. The highest BCUT2D eigenvalue weighted by atomic mass is 32.2. The standard InChI is InChI=1S/C17H17NO5S/c1-24(20,21)10-13-3-2-4-14(7-13)17(19)18-9-12-5-6-15-16(8-12)23-11-22-15/h2-8H,9-11H2,1H3,(H,18,19). The fourth-order valence-electron chi connectivity index (χ4n) is 2.44. The van der Waals surface area contributed by atoms with Gasteiger partial charge >= 0.3 is 0 Å². The molecule has 1 aliphatic heterocycles. The van der Waals surface area contributed by atoms with Crippen molar-refractivity contribution < 1.29 is 22.7 Å². The fourth-order valence-corrected chi connectivity index (χ4v) is 3.23. The van der Waals surface area contributed by atoms with Gasteiger partial charge in [0.15, 0.2) is 21.3 Å². The average Bonchev–Trinajstić information content (AvgIpc) is 2.98. The number of rotatable bonds is 5. The smallest absolute Gasteiger partial charge is 0.251 e. The van der Waals surface area contributed by atoms with Crippen LogP contribution in [-0.4, -0.2) is 27.4 Å². The van der Waals surface area contributed by atoms with E-state index in [-0.39, 0.29) is 18.5 Å². The summed E-state index contributed by atoms with van der Waals surface area (Å²) in [6, 6.07) is 12.1. The molecular formula is C17H17NO5S. The van der Waals surface area contributed by atoms with Crippen LogP contribution in [0.5, 0.6) is 11.5 Å². The lowest BCUT2D eigenvalue weighted by Gasteiger charge is -2.08. The Morgan fingerprint density at radius 3 is 2.67 bits per heavy atom. The molecular weight excluding hydrogens is 330 g/mol. The molecule has 0 unspecified atom stereocenters. The Balaban J connectivity index is 1.66. The Morgan fingerprint density at radius 1 is 1.08 bits per heavy atom. The first-order chi connectivity index (χ1) is 11.4. The second-order valence-corrected chi connectivity index (χ2v) is 7.78. The SMILES string of the molecule is CS(=O)(=O)Cc1cccc(C(=O)NCc2ccc3c(c2)OCO3)c1. The third-order valence-corrected chi connectivity index (χ3v) is 4.37. The lowest BCUT2D eigenvalue weighted by Crippen LogP contribution is -2.22. The number of hydrogen-bond donors (Lipinski definition) is 1. The third kappa shape index (κ3) is 4.05. The minimum absolute atomic E-state index is 0.0870. The van der Waals surface area contributed by atoms with Gasteiger partial charge in [-0.05, 0) is 35.4 Å². The van der Waals surface area contributed by atoms with E-state index in [4.69, 9.17) is 9.47 Å². The van der Waals surface area contributed by atoms with Gasteiger partial charge in [0.2, 0.25) is 6.79 Å². The lowest BCUT2D eigenvalue weighted by molar-refractivity contribution is 0.0950. The zero-order chi connectivity index (χ0) is 17.2. The maximum atomic E-state index is 12.3. The van der Waals surface area contributed by atoms with Crippen LogP contribution in [0.1, 0.15) is 21.5 Å². The van der Waals surface area contributed by atoms with Crippen molar-refractivity contribution in [2.75, 3.05) is 13.0 Å². The molecule has 1 amide bonds. The molecule has 1 N–H and O–H groups in total. The Labute approximate surface area is 140 Å². The minimum atomic E-state index is -3.14. The van der Waals surface area contributed by atoms with Crippen LogP contribution in [0.15, 0.2) is 42.5 Å². The largest absolute Gasteiger partial charge is 0.454 e. The molecule has 3 rings (SSSR count). The molecule has 0 saturated heterocycles. The molecule has 0 atom stereocenters. The maximum absolute atomic E-state index is 12.3. The summed E-state index contributed by atoms with van der Waals surface area (Å²) in [6.45, 7) is 0.546. The van der Waals surface area contributed by atoms with Crippen molar-refractivity contribution in [3.8, 4) is 11.5 Å². The van der Waals surface area contributed by atoms with Crippen molar-refractivity contribution >= 4 is 15.7 Å². The van der Waals surface area contributed by atoms with Crippen LogP contribution in [0.3, 0.4) is 0 Å². The van der Waals surface area contributed by atoms with Gasteiger partial charge in [-0.2, -0.15) is 0 Å². The van der Waals surface area contributed by atoms with E-state index < -0.39 is 9.84 Å². The van der Waals surface area contributed by atoms with Crippen LogP contribution in [0.25, 0.3) is 0 Å². The fraction of sp³-hybridized carbons (Fsp3) is 0.235. The maximum Gasteiger partial charge on any atom is 0.251 e. The van der Waals surface area contributed by atoms with Crippen LogP contribution < -0.4 is 14.8 Å². The zero-order valence-corrected chi connectivity index (χ0v) is 13.9. The molecule has 1 heterocycles. The normalized spacial score (nSPS) is 12.9. The molecule has 0 bridgehead atoms. The quantitative estimate of drug-likeness (QED) is 0.893. The molecule has 0 fully saturated rings. The molecule has 0 aliphatic carbocycles. The number of nitrogens with one attached hydrogen (secondary N) is 1. The number of fused-ring (bicyclic) bond motifs is 1. The van der Waals surface area contributed by atoms with Gasteiger partial charge in [-0.1, -0.05) is 18.2 Å². The number of hydrogen-bond acceptors (Lipinski definition) is 5. The first kappa shape index (κ1) is 16.3. The van der Waals surface area contributed by atoms with E-state index in [0.717, 1.165) is 5.56 Å². The summed E-state index contributed by atoms with van der Waals surface area (Å²) in [7, 11) is -3.14. The number of ether oxygens (including phenoxy) is 2. The van der Waals surface area contributed by atoms with Crippen LogP contribution in [0.2, 0.25) is 0 Å². The summed E-state index contributed by atoms with van der Waals surface area (Å²) in [5, 5.41) is 2.81. The summed E-state index contributed by atoms with van der Waals surface area (Å²) in [5.74, 6) is 1.01. The predicted molar refractivity (Wildman–Crippen MR) is 88.7 cm³/mol. The molecule has 24 heavy (non-hydrogen) atoms. The first-order valence-corrected chi connectivity index (χ1v) is 9.40. The van der Waals surface area contributed by atoms with Crippen molar-refractivity contribution in [2.45, 2.75) is 12.3 Å². The van der Waals surface area contributed by atoms with Crippen LogP contribution in [0.4, 0.5) is 0 Å². The average molecular weight is 347 g/mol. The molecule has 0 spiro atoms. The summed E-state index contributed by atoms with van der Waals surface area (Å²) in [6.07, 6.45) is 1.17. The van der Waals surface area contributed by atoms with E-state index in [1.165, 1.54) is 6.26 Å². The van der Waals surface area contributed by atoms with Gasteiger partial charge < -0.3 is 14.8 Å². The van der Waals surface area contributed by atoms with E-state index in [0.29, 0.717) is 29.2 Å². The van der Waals surface area contributed by atoms with Gasteiger partial charge in [0.05, 0.1) is 5.75 Å². The summed E-state index contributed by atoms with van der Waals surface area (Å²) in [4.78, 5) is 12.3. The molecule has 0 aromatic heterocycles. The second kappa shape index (κ2) is 6.52. The minimum Gasteiger partial charge on any atom is -0.454 e.